The molecular weight excluding hydrogens is 254 g/mol. The Balaban J connectivity index is 1.99. The van der Waals surface area contributed by atoms with E-state index >= 15 is 0 Å². The van der Waals surface area contributed by atoms with Gasteiger partial charge in [-0.15, -0.1) is 0 Å². The van der Waals surface area contributed by atoms with E-state index in [2.05, 4.69) is 66.7 Å². The minimum atomic E-state index is 0.579. The van der Waals surface area contributed by atoms with Gasteiger partial charge in [-0.05, 0) is 57.5 Å². The Bertz CT molecular complexity index is 803. The fourth-order valence-electron chi connectivity index (χ4n) is 3.28. The van der Waals surface area contributed by atoms with Crippen molar-refractivity contribution in [3.63, 3.8) is 0 Å². The summed E-state index contributed by atoms with van der Waals surface area (Å²) in [6, 6.07) is 23.8. The highest BCUT2D eigenvalue weighted by molar-refractivity contribution is 5.85. The first-order valence-corrected chi connectivity index (χ1v) is 7.36. The predicted octanol–water partition coefficient (Wildman–Crippen LogP) is 4.38. The molecule has 3 aromatic carbocycles. The molecule has 0 aromatic heterocycles. The summed E-state index contributed by atoms with van der Waals surface area (Å²) in [4.78, 5) is 0. The van der Waals surface area contributed by atoms with Gasteiger partial charge in [-0.3, -0.25) is 0 Å². The van der Waals surface area contributed by atoms with Crippen molar-refractivity contribution in [2.75, 3.05) is 0 Å². The number of hydrogen-bond donors (Lipinski definition) is 1. The van der Waals surface area contributed by atoms with E-state index in [0.29, 0.717) is 6.54 Å². The van der Waals surface area contributed by atoms with Gasteiger partial charge in [-0.2, -0.15) is 0 Å². The van der Waals surface area contributed by atoms with Crippen LogP contribution in [0.2, 0.25) is 0 Å². The van der Waals surface area contributed by atoms with Gasteiger partial charge in [-0.25, -0.2) is 0 Å². The Hall–Kier alpha value is -2.38. The minimum absolute atomic E-state index is 0.579. The zero-order chi connectivity index (χ0) is 14.2. The lowest BCUT2D eigenvalue weighted by molar-refractivity contribution is 1.07. The molecule has 0 amide bonds. The molecule has 0 radical (unpaired) electrons. The third-order valence-electron chi connectivity index (χ3n) is 4.30. The molecule has 21 heavy (non-hydrogen) atoms. The highest BCUT2D eigenvalue weighted by atomic mass is 14.5. The Kier molecular flexibility index (Phi) is 2.87. The van der Waals surface area contributed by atoms with Crippen LogP contribution >= 0.6 is 0 Å². The van der Waals surface area contributed by atoms with E-state index in [9.17, 15) is 0 Å². The molecule has 0 bridgehead atoms. The van der Waals surface area contributed by atoms with Gasteiger partial charge in [0.25, 0.3) is 0 Å². The number of fused-ring (bicyclic) bond motifs is 3. The molecule has 1 heteroatoms. The first-order valence-electron chi connectivity index (χ1n) is 7.36. The Morgan fingerprint density at radius 2 is 1.48 bits per heavy atom. The molecule has 102 valence electrons. The second-order valence-electron chi connectivity index (χ2n) is 5.57. The molecule has 0 fully saturated rings. The van der Waals surface area contributed by atoms with Crippen molar-refractivity contribution in [2.24, 2.45) is 5.73 Å². The van der Waals surface area contributed by atoms with Gasteiger partial charge in [0.15, 0.2) is 0 Å². The van der Waals surface area contributed by atoms with Crippen molar-refractivity contribution in [1.82, 2.24) is 0 Å². The fourth-order valence-corrected chi connectivity index (χ4v) is 3.28. The maximum Gasteiger partial charge on any atom is 0.0178 e. The van der Waals surface area contributed by atoms with E-state index in [4.69, 9.17) is 5.73 Å². The van der Waals surface area contributed by atoms with Crippen molar-refractivity contribution < 1.29 is 0 Å². The molecule has 1 aliphatic carbocycles. The van der Waals surface area contributed by atoms with E-state index in [1.165, 1.54) is 38.9 Å². The molecule has 0 saturated heterocycles. The molecule has 0 heterocycles. The predicted molar refractivity (Wildman–Crippen MR) is 88.0 cm³/mol. The highest BCUT2D eigenvalue weighted by Crippen LogP contribution is 2.42. The molecule has 0 unspecified atom stereocenters. The van der Waals surface area contributed by atoms with Gasteiger partial charge in [0.05, 0.1) is 0 Å². The SMILES string of the molecule is NCc1cc(-c2ccccc2)c2c(c1)-c1ccccc1C2. The highest BCUT2D eigenvalue weighted by Gasteiger charge is 2.22. The summed E-state index contributed by atoms with van der Waals surface area (Å²) in [6.07, 6.45) is 1.01. The lowest BCUT2D eigenvalue weighted by Gasteiger charge is -2.12. The Morgan fingerprint density at radius 3 is 2.29 bits per heavy atom. The Morgan fingerprint density at radius 1 is 0.762 bits per heavy atom. The van der Waals surface area contributed by atoms with Crippen LogP contribution < -0.4 is 5.73 Å². The van der Waals surface area contributed by atoms with E-state index in [0.717, 1.165) is 6.42 Å². The van der Waals surface area contributed by atoms with Crippen LogP contribution in [0.15, 0.2) is 66.7 Å². The molecular formula is C20H17N. The summed E-state index contributed by atoms with van der Waals surface area (Å²) in [5, 5.41) is 0. The minimum Gasteiger partial charge on any atom is -0.326 e. The van der Waals surface area contributed by atoms with Gasteiger partial charge in [0.2, 0.25) is 0 Å². The zero-order valence-corrected chi connectivity index (χ0v) is 11.8. The summed E-state index contributed by atoms with van der Waals surface area (Å²) >= 11 is 0. The first kappa shape index (κ1) is 12.4. The van der Waals surface area contributed by atoms with Crippen LogP contribution in [0.3, 0.4) is 0 Å². The van der Waals surface area contributed by atoms with Crippen molar-refractivity contribution in [1.29, 1.82) is 0 Å². The third kappa shape index (κ3) is 1.98. The lowest BCUT2D eigenvalue weighted by Crippen LogP contribution is -1.98. The topological polar surface area (TPSA) is 26.0 Å². The zero-order valence-electron chi connectivity index (χ0n) is 11.8. The quantitative estimate of drug-likeness (QED) is 0.575. The van der Waals surface area contributed by atoms with Crippen LogP contribution in [0.4, 0.5) is 0 Å². The average Bonchev–Trinajstić information content (AvgIpc) is 2.93. The van der Waals surface area contributed by atoms with Gasteiger partial charge in [-0.1, -0.05) is 54.6 Å². The average molecular weight is 271 g/mol. The largest absolute Gasteiger partial charge is 0.326 e. The number of benzene rings is 3. The third-order valence-corrected chi connectivity index (χ3v) is 4.30. The maximum atomic E-state index is 5.91. The van der Waals surface area contributed by atoms with Gasteiger partial charge < -0.3 is 5.73 Å². The monoisotopic (exact) mass is 271 g/mol. The second-order valence-corrected chi connectivity index (χ2v) is 5.57. The van der Waals surface area contributed by atoms with Crippen molar-refractivity contribution in [2.45, 2.75) is 13.0 Å². The summed E-state index contributed by atoms with van der Waals surface area (Å²) < 4.78 is 0. The summed E-state index contributed by atoms with van der Waals surface area (Å²) in [7, 11) is 0. The molecule has 1 aliphatic rings. The molecule has 0 aliphatic heterocycles. The van der Waals surface area contributed by atoms with Crippen molar-refractivity contribution in [3.05, 3.63) is 83.4 Å². The van der Waals surface area contributed by atoms with Crippen molar-refractivity contribution >= 4 is 0 Å². The summed E-state index contributed by atoms with van der Waals surface area (Å²) in [5.74, 6) is 0. The maximum absolute atomic E-state index is 5.91. The van der Waals surface area contributed by atoms with Crippen molar-refractivity contribution in [3.8, 4) is 22.3 Å². The second kappa shape index (κ2) is 4.87. The van der Waals surface area contributed by atoms with Crippen LogP contribution in [0.25, 0.3) is 22.3 Å². The summed E-state index contributed by atoms with van der Waals surface area (Å²) in [6.45, 7) is 0.579. The lowest BCUT2D eigenvalue weighted by atomic mass is 9.93. The molecule has 0 saturated carbocycles. The molecule has 2 N–H and O–H groups in total. The van der Waals surface area contributed by atoms with Crippen LogP contribution in [0.5, 0.6) is 0 Å². The molecule has 4 rings (SSSR count). The number of nitrogens with two attached hydrogens (primary N) is 1. The molecule has 0 spiro atoms. The van der Waals surface area contributed by atoms with Crippen LogP contribution in [0, 0.1) is 0 Å². The molecule has 1 nitrogen and oxygen atoms in total. The van der Waals surface area contributed by atoms with E-state index in [-0.39, 0.29) is 0 Å². The van der Waals surface area contributed by atoms with Gasteiger partial charge in [0, 0.05) is 6.54 Å². The number of hydrogen-bond acceptors (Lipinski definition) is 1. The fraction of sp³-hybridized carbons (Fsp3) is 0.100. The van der Waals surface area contributed by atoms with E-state index in [1.807, 2.05) is 0 Å². The van der Waals surface area contributed by atoms with Gasteiger partial charge >= 0.3 is 0 Å². The first-order chi connectivity index (χ1) is 10.4. The van der Waals surface area contributed by atoms with Crippen LogP contribution in [-0.4, -0.2) is 0 Å². The van der Waals surface area contributed by atoms with Gasteiger partial charge in [0.1, 0.15) is 0 Å². The normalized spacial score (nSPS) is 12.0. The van der Waals surface area contributed by atoms with E-state index < -0.39 is 0 Å². The molecule has 0 atom stereocenters. The standard InChI is InChI=1S/C20H17N/c21-13-14-10-18(15-6-2-1-3-7-15)20-12-16-8-4-5-9-17(16)19(20)11-14/h1-11H,12-13,21H2. The molecule has 3 aromatic rings. The van der Waals surface area contributed by atoms with Crippen LogP contribution in [0.1, 0.15) is 16.7 Å². The summed E-state index contributed by atoms with van der Waals surface area (Å²) in [5.41, 5.74) is 15.3. The van der Waals surface area contributed by atoms with E-state index in [1.54, 1.807) is 0 Å². The van der Waals surface area contributed by atoms with Crippen LogP contribution in [-0.2, 0) is 13.0 Å². The Labute approximate surface area is 125 Å². The number of rotatable bonds is 2. The smallest absolute Gasteiger partial charge is 0.0178 e.